The smallest absolute Gasteiger partial charge is 0.261 e. The Morgan fingerprint density at radius 2 is 2.09 bits per heavy atom. The lowest BCUT2D eigenvalue weighted by Gasteiger charge is -2.14. The van der Waals surface area contributed by atoms with E-state index < -0.39 is 0 Å². The van der Waals surface area contributed by atoms with Crippen LogP contribution in [0.5, 0.6) is 5.75 Å². The van der Waals surface area contributed by atoms with Gasteiger partial charge in [0.25, 0.3) is 5.91 Å². The lowest BCUT2D eigenvalue weighted by molar-refractivity contribution is 0.0974. The van der Waals surface area contributed by atoms with Crippen molar-refractivity contribution in [3.63, 3.8) is 0 Å². The molecule has 2 aromatic heterocycles. The maximum absolute atomic E-state index is 12.8. The van der Waals surface area contributed by atoms with Crippen LogP contribution >= 0.6 is 39.5 Å². The molecule has 0 aliphatic carbocycles. The Kier molecular flexibility index (Phi) is 6.49. The number of aryl methyl sites for hydroxylation is 2. The third kappa shape index (κ3) is 4.50. The molecule has 0 bridgehead atoms. The average Bonchev–Trinajstić information content (AvgIpc) is 3.34. The van der Waals surface area contributed by atoms with E-state index in [0.29, 0.717) is 11.3 Å². The summed E-state index contributed by atoms with van der Waals surface area (Å²) in [5, 5.41) is 19.7. The first-order valence-corrected chi connectivity index (χ1v) is 11.7. The third-order valence-corrected chi connectivity index (χ3v) is 6.26. The lowest BCUT2D eigenvalue weighted by Crippen LogP contribution is -2.34. The van der Waals surface area contributed by atoms with Crippen molar-refractivity contribution in [2.45, 2.75) is 20.3 Å². The van der Waals surface area contributed by atoms with Crippen molar-refractivity contribution >= 4 is 61.2 Å². The van der Waals surface area contributed by atoms with E-state index in [4.69, 9.17) is 17.0 Å². The maximum Gasteiger partial charge on any atom is 0.261 e. The number of halogens is 1. The molecule has 0 aliphatic heterocycles. The molecule has 32 heavy (non-hydrogen) atoms. The summed E-state index contributed by atoms with van der Waals surface area (Å²) in [6, 6.07) is 11.2. The van der Waals surface area contributed by atoms with Gasteiger partial charge in [0, 0.05) is 22.1 Å². The Labute approximate surface area is 202 Å². The van der Waals surface area contributed by atoms with Crippen LogP contribution in [0.25, 0.3) is 15.5 Å². The van der Waals surface area contributed by atoms with E-state index in [9.17, 15) is 4.79 Å². The molecule has 0 saturated heterocycles. The molecule has 0 unspecified atom stereocenters. The Morgan fingerprint density at radius 1 is 1.28 bits per heavy atom. The van der Waals surface area contributed by atoms with Crippen LogP contribution in [0.3, 0.4) is 0 Å². The second-order valence-corrected chi connectivity index (χ2v) is 9.14. The summed E-state index contributed by atoms with van der Waals surface area (Å²) in [7, 11) is 1.53. The molecule has 8 nitrogen and oxygen atoms in total. The monoisotopic (exact) mass is 530 g/mol. The molecule has 164 valence electrons. The summed E-state index contributed by atoms with van der Waals surface area (Å²) in [5.74, 6) is 0.963. The molecule has 2 N–H and O–H groups in total. The summed E-state index contributed by atoms with van der Waals surface area (Å²) >= 11 is 10.2. The molecule has 11 heteroatoms. The molecular formula is C21H19BrN6O2S2. The van der Waals surface area contributed by atoms with Crippen LogP contribution in [0.15, 0.2) is 40.9 Å². The number of carbonyl (C=O) groups is 1. The first kappa shape index (κ1) is 22.3. The number of methoxy groups -OCH3 is 1. The zero-order chi connectivity index (χ0) is 22.8. The van der Waals surface area contributed by atoms with Crippen molar-refractivity contribution in [3.05, 3.63) is 57.8 Å². The van der Waals surface area contributed by atoms with E-state index in [1.165, 1.54) is 18.4 Å². The van der Waals surface area contributed by atoms with Crippen LogP contribution in [-0.2, 0) is 6.42 Å². The van der Waals surface area contributed by atoms with Crippen LogP contribution < -0.4 is 15.4 Å². The SMILES string of the molecule is CCc1nnc2sc(-c3cccc(NC(=S)NC(=O)c4cc(Br)cc(C)c4OC)c3)nn12. The van der Waals surface area contributed by atoms with Gasteiger partial charge in [-0.3, -0.25) is 10.1 Å². The Morgan fingerprint density at radius 3 is 2.84 bits per heavy atom. The van der Waals surface area contributed by atoms with Gasteiger partial charge in [-0.2, -0.15) is 9.61 Å². The molecule has 0 spiro atoms. The van der Waals surface area contributed by atoms with Gasteiger partial charge in [0.1, 0.15) is 10.8 Å². The Hall–Kier alpha value is -2.89. The van der Waals surface area contributed by atoms with E-state index in [0.717, 1.165) is 43.5 Å². The minimum atomic E-state index is -0.361. The minimum Gasteiger partial charge on any atom is -0.496 e. The third-order valence-electron chi connectivity index (χ3n) is 4.65. The quantitative estimate of drug-likeness (QED) is 0.363. The van der Waals surface area contributed by atoms with E-state index in [2.05, 4.69) is 41.9 Å². The van der Waals surface area contributed by atoms with Gasteiger partial charge in [-0.25, -0.2) is 0 Å². The van der Waals surface area contributed by atoms with Crippen molar-refractivity contribution in [1.82, 2.24) is 25.1 Å². The van der Waals surface area contributed by atoms with Crippen LogP contribution in [0, 0.1) is 6.92 Å². The number of benzene rings is 2. The predicted molar refractivity (Wildman–Crippen MR) is 133 cm³/mol. The molecular weight excluding hydrogens is 512 g/mol. The molecule has 0 radical (unpaired) electrons. The van der Waals surface area contributed by atoms with Gasteiger partial charge in [0.15, 0.2) is 10.9 Å². The average molecular weight is 531 g/mol. The van der Waals surface area contributed by atoms with Gasteiger partial charge in [0.2, 0.25) is 4.96 Å². The van der Waals surface area contributed by atoms with Gasteiger partial charge in [0.05, 0.1) is 12.7 Å². The summed E-state index contributed by atoms with van der Waals surface area (Å²) in [4.78, 5) is 13.5. The number of anilines is 1. The minimum absolute atomic E-state index is 0.179. The van der Waals surface area contributed by atoms with E-state index in [1.54, 1.807) is 10.6 Å². The number of nitrogens with zero attached hydrogens (tertiary/aromatic N) is 4. The van der Waals surface area contributed by atoms with Crippen molar-refractivity contribution in [3.8, 4) is 16.3 Å². The number of amides is 1. The first-order chi connectivity index (χ1) is 15.4. The molecule has 1 amide bonds. The highest BCUT2D eigenvalue weighted by Gasteiger charge is 2.17. The van der Waals surface area contributed by atoms with Gasteiger partial charge in [-0.15, -0.1) is 10.2 Å². The molecule has 4 aromatic rings. The Bertz CT molecular complexity index is 1330. The summed E-state index contributed by atoms with van der Waals surface area (Å²) in [6.07, 6.45) is 0.752. The van der Waals surface area contributed by atoms with Crippen molar-refractivity contribution in [2.24, 2.45) is 0 Å². The zero-order valence-electron chi connectivity index (χ0n) is 17.5. The number of thiocarbonyl (C=S) groups is 1. The van der Waals surface area contributed by atoms with E-state index in [1.807, 2.05) is 44.2 Å². The fraction of sp³-hybridized carbons (Fsp3) is 0.190. The molecule has 2 heterocycles. The molecule has 0 atom stereocenters. The fourth-order valence-corrected chi connectivity index (χ4v) is 4.86. The largest absolute Gasteiger partial charge is 0.496 e. The number of rotatable bonds is 5. The molecule has 2 aromatic carbocycles. The molecule has 0 saturated carbocycles. The number of nitrogens with one attached hydrogen (secondary N) is 2. The second-order valence-electron chi connectivity index (χ2n) is 6.86. The number of aromatic nitrogens is 4. The normalized spacial score (nSPS) is 10.9. The first-order valence-electron chi connectivity index (χ1n) is 9.67. The van der Waals surface area contributed by atoms with Gasteiger partial charge >= 0.3 is 0 Å². The maximum atomic E-state index is 12.8. The summed E-state index contributed by atoms with van der Waals surface area (Å²) in [6.45, 7) is 3.89. The summed E-state index contributed by atoms with van der Waals surface area (Å²) in [5.41, 5.74) is 2.87. The highest BCUT2D eigenvalue weighted by atomic mass is 79.9. The molecule has 4 rings (SSSR count). The number of hydrogen-bond donors (Lipinski definition) is 2. The van der Waals surface area contributed by atoms with Crippen LogP contribution in [0.2, 0.25) is 0 Å². The fourth-order valence-electron chi connectivity index (χ4n) is 3.23. The van der Waals surface area contributed by atoms with Crippen LogP contribution in [-0.4, -0.2) is 37.9 Å². The Balaban J connectivity index is 1.50. The number of ether oxygens (including phenoxy) is 1. The van der Waals surface area contributed by atoms with Gasteiger partial charge < -0.3 is 10.1 Å². The van der Waals surface area contributed by atoms with E-state index in [-0.39, 0.29) is 11.0 Å². The lowest BCUT2D eigenvalue weighted by atomic mass is 10.1. The van der Waals surface area contributed by atoms with E-state index >= 15 is 0 Å². The topological polar surface area (TPSA) is 93.4 Å². The van der Waals surface area contributed by atoms with Crippen LogP contribution in [0.1, 0.15) is 28.7 Å². The number of carbonyl (C=O) groups excluding carboxylic acids is 1. The standard InChI is InChI=1S/C21H19BrN6O2S2/c1-4-16-25-26-21-28(16)27-19(32-21)12-6-5-7-14(9-12)23-20(31)24-18(29)15-10-13(22)8-11(2)17(15)30-3/h5-10H,4H2,1-3H3,(H2,23,24,29,31). The highest BCUT2D eigenvalue weighted by molar-refractivity contribution is 9.10. The van der Waals surface area contributed by atoms with Crippen molar-refractivity contribution in [2.75, 3.05) is 12.4 Å². The number of fused-ring (bicyclic) bond motifs is 1. The number of hydrogen-bond acceptors (Lipinski definition) is 7. The molecule has 0 fully saturated rings. The van der Waals surface area contributed by atoms with Gasteiger partial charge in [-0.05, 0) is 49.0 Å². The summed E-state index contributed by atoms with van der Waals surface area (Å²) < 4.78 is 7.93. The highest BCUT2D eigenvalue weighted by Crippen LogP contribution is 2.29. The predicted octanol–water partition coefficient (Wildman–Crippen LogP) is 4.62. The molecule has 0 aliphatic rings. The van der Waals surface area contributed by atoms with Crippen LogP contribution in [0.4, 0.5) is 5.69 Å². The van der Waals surface area contributed by atoms with Crippen molar-refractivity contribution < 1.29 is 9.53 Å². The van der Waals surface area contributed by atoms with Crippen molar-refractivity contribution in [1.29, 1.82) is 0 Å². The second kappa shape index (κ2) is 9.31. The zero-order valence-corrected chi connectivity index (χ0v) is 20.7. The van der Waals surface area contributed by atoms with Gasteiger partial charge in [-0.1, -0.05) is 46.3 Å².